The van der Waals surface area contributed by atoms with Gasteiger partial charge in [-0.05, 0) is 63.9 Å². The second kappa shape index (κ2) is 22.3. The quantitative estimate of drug-likeness (QED) is 0.121. The lowest BCUT2D eigenvalue weighted by molar-refractivity contribution is 0.678. The average molecular weight is 452 g/mol. The van der Waals surface area contributed by atoms with Gasteiger partial charge in [0, 0.05) is 36.7 Å². The Morgan fingerprint density at radius 3 is 1.00 bits per heavy atom. The summed E-state index contributed by atoms with van der Waals surface area (Å²) < 4.78 is 0. The molecule has 3 nitrogen and oxygen atoms in total. The van der Waals surface area contributed by atoms with E-state index in [9.17, 15) is 0 Å². The second-order valence-corrected chi connectivity index (χ2v) is 10.2. The molecule has 0 atom stereocenters. The molecule has 0 aromatic heterocycles. The van der Waals surface area contributed by atoms with Crippen molar-refractivity contribution in [3.8, 4) is 0 Å². The van der Waals surface area contributed by atoms with Crippen LogP contribution in [0.15, 0.2) is 34.5 Å². The number of allylic oxidation sites excluding steroid dienone is 3. The van der Waals surface area contributed by atoms with E-state index in [0.29, 0.717) is 0 Å². The fourth-order valence-electron chi connectivity index (χ4n) is 3.33. The number of unbranched alkanes of at least 4 members (excludes halogenated alkanes) is 3. The molecule has 0 unspecified atom stereocenters. The van der Waals surface area contributed by atoms with E-state index in [1.165, 1.54) is 74.9 Å². The zero-order chi connectivity index (χ0) is 23.2. The first kappa shape index (κ1) is 30.0. The minimum Gasteiger partial charge on any atom is -0.388 e. The smallest absolute Gasteiger partial charge is 0.0143 e. The SMILES string of the molecule is CCCCN/C(=C/P(/C=C(\CCC)NCCCC)/C=C(\CCC)NCCCC)CCC. The van der Waals surface area contributed by atoms with Crippen LogP contribution < -0.4 is 16.0 Å². The Hall–Kier alpha value is -0.950. The summed E-state index contributed by atoms with van der Waals surface area (Å²) in [5.74, 6) is 7.63. The molecule has 0 amide bonds. The Balaban J connectivity index is 5.81. The zero-order valence-electron chi connectivity index (χ0n) is 21.8. The van der Waals surface area contributed by atoms with Crippen molar-refractivity contribution in [2.75, 3.05) is 19.6 Å². The maximum Gasteiger partial charge on any atom is 0.0143 e. The molecule has 0 bridgehead atoms. The van der Waals surface area contributed by atoms with Gasteiger partial charge in [0.1, 0.15) is 0 Å². The van der Waals surface area contributed by atoms with Crippen LogP contribution in [0, 0.1) is 0 Å². The molecule has 0 rings (SSSR count). The molecule has 4 heteroatoms. The summed E-state index contributed by atoms with van der Waals surface area (Å²) in [7, 11) is -0.449. The Bertz CT molecular complexity index is 425. The van der Waals surface area contributed by atoms with E-state index < -0.39 is 7.92 Å². The van der Waals surface area contributed by atoms with Gasteiger partial charge >= 0.3 is 0 Å². The van der Waals surface area contributed by atoms with Crippen molar-refractivity contribution < 1.29 is 0 Å². The molecule has 0 aliphatic rings. The summed E-state index contributed by atoms with van der Waals surface area (Å²) in [6.45, 7) is 16.9. The van der Waals surface area contributed by atoms with Gasteiger partial charge in [0.25, 0.3) is 0 Å². The Labute approximate surface area is 196 Å². The molecular formula is C27H54N3P. The van der Waals surface area contributed by atoms with E-state index in [-0.39, 0.29) is 0 Å². The molecule has 0 radical (unpaired) electrons. The first-order chi connectivity index (χ1) is 15.1. The van der Waals surface area contributed by atoms with Crippen molar-refractivity contribution in [3.63, 3.8) is 0 Å². The van der Waals surface area contributed by atoms with E-state index in [1.807, 2.05) is 0 Å². The van der Waals surface area contributed by atoms with E-state index >= 15 is 0 Å². The molecule has 0 spiro atoms. The van der Waals surface area contributed by atoms with Crippen molar-refractivity contribution in [1.29, 1.82) is 0 Å². The topological polar surface area (TPSA) is 36.1 Å². The molecule has 0 aromatic carbocycles. The van der Waals surface area contributed by atoms with Crippen molar-refractivity contribution >= 4 is 7.92 Å². The van der Waals surface area contributed by atoms with Crippen molar-refractivity contribution in [2.45, 2.75) is 119 Å². The predicted molar refractivity (Wildman–Crippen MR) is 145 cm³/mol. The lowest BCUT2D eigenvalue weighted by Gasteiger charge is -2.18. The first-order valence-corrected chi connectivity index (χ1v) is 14.8. The number of hydrogen-bond donors (Lipinski definition) is 3. The molecule has 0 fully saturated rings. The van der Waals surface area contributed by atoms with Gasteiger partial charge < -0.3 is 16.0 Å². The fourth-order valence-corrected chi connectivity index (χ4v) is 5.30. The Kier molecular flexibility index (Phi) is 21.6. The van der Waals surface area contributed by atoms with E-state index in [1.54, 1.807) is 0 Å². The van der Waals surface area contributed by atoms with Crippen LogP contribution in [0.2, 0.25) is 0 Å². The highest BCUT2D eigenvalue weighted by Gasteiger charge is 2.07. The van der Waals surface area contributed by atoms with Crippen LogP contribution in [0.4, 0.5) is 0 Å². The summed E-state index contributed by atoms with van der Waals surface area (Å²) in [4.78, 5) is 0. The summed E-state index contributed by atoms with van der Waals surface area (Å²) in [5, 5.41) is 11.2. The van der Waals surface area contributed by atoms with Crippen molar-refractivity contribution in [1.82, 2.24) is 16.0 Å². The lowest BCUT2D eigenvalue weighted by atomic mass is 10.2. The molecule has 0 aromatic rings. The van der Waals surface area contributed by atoms with E-state index in [0.717, 1.165) is 38.9 Å². The highest BCUT2D eigenvalue weighted by atomic mass is 31.1. The first-order valence-electron chi connectivity index (χ1n) is 13.3. The van der Waals surface area contributed by atoms with Crippen LogP contribution in [-0.4, -0.2) is 19.6 Å². The van der Waals surface area contributed by atoms with Crippen LogP contribution in [0.5, 0.6) is 0 Å². The van der Waals surface area contributed by atoms with E-state index in [2.05, 4.69) is 74.9 Å². The minimum atomic E-state index is -0.449. The van der Waals surface area contributed by atoms with Crippen molar-refractivity contribution in [2.24, 2.45) is 0 Å². The predicted octanol–water partition coefficient (Wildman–Crippen LogP) is 8.56. The molecule has 0 heterocycles. The molecule has 0 aliphatic carbocycles. The highest BCUT2D eigenvalue weighted by molar-refractivity contribution is 7.67. The fraction of sp³-hybridized carbons (Fsp3) is 0.778. The van der Waals surface area contributed by atoms with Gasteiger partial charge in [-0.2, -0.15) is 0 Å². The third-order valence-electron chi connectivity index (χ3n) is 5.12. The van der Waals surface area contributed by atoms with Gasteiger partial charge in [-0.25, -0.2) is 0 Å². The molecule has 0 saturated carbocycles. The number of rotatable bonds is 21. The van der Waals surface area contributed by atoms with Gasteiger partial charge in [0.2, 0.25) is 0 Å². The Morgan fingerprint density at radius 2 is 0.774 bits per heavy atom. The van der Waals surface area contributed by atoms with Crippen LogP contribution in [-0.2, 0) is 0 Å². The van der Waals surface area contributed by atoms with Gasteiger partial charge in [-0.15, -0.1) is 0 Å². The second-order valence-electron chi connectivity index (χ2n) is 8.50. The Morgan fingerprint density at radius 1 is 0.484 bits per heavy atom. The molecule has 31 heavy (non-hydrogen) atoms. The normalized spacial score (nSPS) is 13.1. The lowest BCUT2D eigenvalue weighted by Crippen LogP contribution is -2.16. The summed E-state index contributed by atoms with van der Waals surface area (Å²) in [6, 6.07) is 0. The van der Waals surface area contributed by atoms with Gasteiger partial charge in [0.15, 0.2) is 0 Å². The van der Waals surface area contributed by atoms with Gasteiger partial charge in [-0.1, -0.05) is 80.1 Å². The highest BCUT2D eigenvalue weighted by Crippen LogP contribution is 2.44. The molecule has 0 aliphatic heterocycles. The van der Waals surface area contributed by atoms with Crippen molar-refractivity contribution in [3.05, 3.63) is 34.5 Å². The maximum atomic E-state index is 3.75. The van der Waals surface area contributed by atoms with Crippen LogP contribution in [0.1, 0.15) is 119 Å². The summed E-state index contributed by atoms with van der Waals surface area (Å²) in [5.41, 5.74) is 4.30. The van der Waals surface area contributed by atoms with Gasteiger partial charge in [-0.3, -0.25) is 0 Å². The number of nitrogens with one attached hydrogen (secondary N) is 3. The molecule has 3 N–H and O–H groups in total. The summed E-state index contributed by atoms with van der Waals surface area (Å²) >= 11 is 0. The minimum absolute atomic E-state index is 0.449. The third kappa shape index (κ3) is 17.3. The molecular weight excluding hydrogens is 397 g/mol. The average Bonchev–Trinajstić information content (AvgIpc) is 2.74. The zero-order valence-corrected chi connectivity index (χ0v) is 22.7. The number of hydrogen-bond acceptors (Lipinski definition) is 3. The maximum absolute atomic E-state index is 3.75. The standard InChI is InChI=1S/C27H54N3P/c1-7-13-19-28-25(16-10-4)22-31(23-26(17-11-5)29-20-14-8-2)24-27(18-12-6)30-21-15-9-3/h22-24,28-30H,7-21H2,1-6H3/b25-22+,26-23+,27-24+. The monoisotopic (exact) mass is 451 g/mol. The third-order valence-corrected chi connectivity index (χ3v) is 6.95. The largest absolute Gasteiger partial charge is 0.388 e. The van der Waals surface area contributed by atoms with Crippen LogP contribution >= 0.6 is 7.92 Å². The van der Waals surface area contributed by atoms with Crippen LogP contribution in [0.25, 0.3) is 0 Å². The summed E-state index contributed by atoms with van der Waals surface area (Å²) in [6.07, 6.45) is 14.4. The van der Waals surface area contributed by atoms with Crippen LogP contribution in [0.3, 0.4) is 0 Å². The molecule has 182 valence electrons. The van der Waals surface area contributed by atoms with Gasteiger partial charge in [0.05, 0.1) is 0 Å². The molecule has 0 saturated heterocycles. The van der Waals surface area contributed by atoms with E-state index in [4.69, 9.17) is 0 Å².